The highest BCUT2D eigenvalue weighted by molar-refractivity contribution is 6.54. The minimum absolute atomic E-state index is 0.435. The third kappa shape index (κ3) is 2.55. The molecule has 1 aromatic carbocycles. The van der Waals surface area contributed by atoms with Gasteiger partial charge in [0.05, 0.1) is 16.7 Å². The Bertz CT molecular complexity index is 721. The first kappa shape index (κ1) is 15.2. The monoisotopic (exact) mass is 299 g/mol. The van der Waals surface area contributed by atoms with E-state index in [0.29, 0.717) is 0 Å². The Labute approximate surface area is 130 Å². The van der Waals surface area contributed by atoms with E-state index in [2.05, 4.69) is 4.98 Å². The molecular weight excluding hydrogens is 280 g/mol. The molecule has 0 amide bonds. The maximum atomic E-state index is 14.6. The zero-order chi connectivity index (χ0) is 16.0. The number of rotatable bonds is 2. The molecule has 0 bridgehead atoms. The Morgan fingerprint density at radius 3 is 2.41 bits per heavy atom. The smallest absolute Gasteiger partial charge is 0.398 e. The number of benzene rings is 1. The van der Waals surface area contributed by atoms with Crippen LogP contribution in [0.1, 0.15) is 33.3 Å². The van der Waals surface area contributed by atoms with Crippen LogP contribution in [0.3, 0.4) is 0 Å². The van der Waals surface area contributed by atoms with Gasteiger partial charge in [0.1, 0.15) is 5.73 Å². The molecule has 1 saturated heterocycles. The van der Waals surface area contributed by atoms with Crippen molar-refractivity contribution in [1.29, 1.82) is 0 Å². The van der Waals surface area contributed by atoms with E-state index in [4.69, 9.17) is 9.31 Å². The summed E-state index contributed by atoms with van der Waals surface area (Å²) in [6.07, 6.45) is 3.14. The summed E-state index contributed by atoms with van der Waals surface area (Å²) in [5.74, 6) is 0. The van der Waals surface area contributed by atoms with Gasteiger partial charge in [-0.05, 0) is 51.5 Å². The number of pyridine rings is 1. The highest BCUT2D eigenvalue weighted by Crippen LogP contribution is 2.39. The van der Waals surface area contributed by atoms with Crippen molar-refractivity contribution >= 4 is 24.1 Å². The molecule has 2 aromatic rings. The van der Waals surface area contributed by atoms with Crippen LogP contribution in [0.5, 0.6) is 0 Å². The molecule has 114 valence electrons. The molecule has 0 atom stereocenters. The van der Waals surface area contributed by atoms with E-state index >= 15 is 0 Å². The maximum absolute atomic E-state index is 14.6. The zero-order valence-corrected chi connectivity index (χ0v) is 13.3. The number of fused-ring (bicyclic) bond motifs is 1. The lowest BCUT2D eigenvalue weighted by Crippen LogP contribution is -2.41. The molecule has 0 saturated carbocycles. The van der Waals surface area contributed by atoms with Gasteiger partial charge in [-0.1, -0.05) is 18.2 Å². The molecule has 0 aliphatic carbocycles. The van der Waals surface area contributed by atoms with Crippen molar-refractivity contribution < 1.29 is 13.7 Å². The van der Waals surface area contributed by atoms with Crippen LogP contribution in [0.4, 0.5) is 4.39 Å². The summed E-state index contributed by atoms with van der Waals surface area (Å²) in [6.45, 7) is 7.62. The normalized spacial score (nSPS) is 20.6. The minimum atomic E-state index is -0.975. The van der Waals surface area contributed by atoms with E-state index in [1.165, 1.54) is 6.08 Å². The van der Waals surface area contributed by atoms with Crippen LogP contribution < -0.4 is 0 Å². The lowest BCUT2D eigenvalue weighted by atomic mass is 9.86. The first-order chi connectivity index (χ1) is 10.3. The van der Waals surface area contributed by atoms with E-state index in [-0.39, 0.29) is 0 Å². The molecule has 0 radical (unpaired) electrons. The quantitative estimate of drug-likeness (QED) is 0.780. The number of nitrogens with zero attached hydrogens (tertiary/aromatic N) is 1. The van der Waals surface area contributed by atoms with Crippen molar-refractivity contribution in [2.75, 3.05) is 0 Å². The van der Waals surface area contributed by atoms with Gasteiger partial charge >= 0.3 is 7.12 Å². The molecule has 2 heterocycles. The van der Waals surface area contributed by atoms with Crippen molar-refractivity contribution in [1.82, 2.24) is 4.98 Å². The fourth-order valence-electron chi connectivity index (χ4n) is 2.42. The van der Waals surface area contributed by atoms with Gasteiger partial charge in [-0.25, -0.2) is 4.39 Å². The second-order valence-electron chi connectivity index (χ2n) is 6.53. The summed E-state index contributed by atoms with van der Waals surface area (Å²) in [5.41, 5.74) is 0.0533. The topological polar surface area (TPSA) is 31.4 Å². The van der Waals surface area contributed by atoms with Crippen molar-refractivity contribution in [2.45, 2.75) is 38.9 Å². The first-order valence-corrected chi connectivity index (χ1v) is 7.37. The predicted molar refractivity (Wildman–Crippen MR) is 86.9 cm³/mol. The Morgan fingerprint density at radius 2 is 1.73 bits per heavy atom. The van der Waals surface area contributed by atoms with Gasteiger partial charge in [0.2, 0.25) is 0 Å². The van der Waals surface area contributed by atoms with Crippen molar-refractivity contribution in [3.8, 4) is 0 Å². The zero-order valence-electron chi connectivity index (χ0n) is 13.3. The Morgan fingerprint density at radius 1 is 1.09 bits per heavy atom. The average molecular weight is 299 g/mol. The highest BCUT2D eigenvalue weighted by atomic mass is 19.1. The van der Waals surface area contributed by atoms with Crippen LogP contribution in [0.15, 0.2) is 42.3 Å². The number of para-hydroxylation sites is 1. The summed E-state index contributed by atoms with van der Waals surface area (Å²) >= 11 is 0. The Balaban J connectivity index is 1.95. The lowest BCUT2D eigenvalue weighted by Gasteiger charge is -2.32. The van der Waals surface area contributed by atoms with Gasteiger partial charge in [-0.3, -0.25) is 4.98 Å². The second kappa shape index (κ2) is 5.18. The van der Waals surface area contributed by atoms with Crippen LogP contribution in [-0.4, -0.2) is 23.3 Å². The average Bonchev–Trinajstić information content (AvgIpc) is 2.68. The van der Waals surface area contributed by atoms with E-state index in [9.17, 15) is 4.39 Å². The summed E-state index contributed by atoms with van der Waals surface area (Å²) in [5, 5.41) is 0.900. The van der Waals surface area contributed by atoms with Gasteiger partial charge in [0.25, 0.3) is 0 Å². The van der Waals surface area contributed by atoms with Gasteiger partial charge in [-0.2, -0.15) is 0 Å². The summed E-state index contributed by atoms with van der Waals surface area (Å²) < 4.78 is 26.1. The van der Waals surface area contributed by atoms with E-state index in [1.54, 1.807) is 12.3 Å². The number of aromatic nitrogens is 1. The number of hydrogen-bond acceptors (Lipinski definition) is 3. The van der Waals surface area contributed by atoms with E-state index < -0.39 is 24.0 Å². The molecule has 1 aliphatic heterocycles. The number of halogens is 1. The van der Waals surface area contributed by atoms with Crippen LogP contribution in [-0.2, 0) is 9.31 Å². The van der Waals surface area contributed by atoms with Crippen molar-refractivity contribution in [2.24, 2.45) is 0 Å². The first-order valence-electron chi connectivity index (χ1n) is 7.37. The summed E-state index contributed by atoms with van der Waals surface area (Å²) in [7, 11) is -0.975. The Kier molecular flexibility index (Phi) is 3.58. The number of hydrogen-bond donors (Lipinski definition) is 0. The maximum Gasteiger partial charge on any atom is 0.525 e. The molecule has 0 spiro atoms. The second-order valence-corrected chi connectivity index (χ2v) is 6.53. The molecule has 5 heteroatoms. The van der Waals surface area contributed by atoms with Crippen LogP contribution in [0.2, 0.25) is 0 Å². The Hall–Kier alpha value is -1.72. The van der Waals surface area contributed by atoms with Crippen LogP contribution in [0.25, 0.3) is 17.0 Å². The fourth-order valence-corrected chi connectivity index (χ4v) is 2.42. The molecule has 3 rings (SSSR count). The SMILES string of the molecule is CC1(C)OB(C(F)=Cc2ccnc3ccccc23)OC1(C)C. The fraction of sp³-hybridized carbons (Fsp3) is 0.353. The molecule has 0 unspecified atom stereocenters. The van der Waals surface area contributed by atoms with Gasteiger partial charge in [0, 0.05) is 11.6 Å². The molecule has 1 aromatic heterocycles. The van der Waals surface area contributed by atoms with E-state index in [1.807, 2.05) is 52.0 Å². The largest absolute Gasteiger partial charge is 0.525 e. The summed E-state index contributed by atoms with van der Waals surface area (Å²) in [6, 6.07) is 9.43. The highest BCUT2D eigenvalue weighted by Gasteiger charge is 2.53. The van der Waals surface area contributed by atoms with Gasteiger partial charge < -0.3 is 9.31 Å². The van der Waals surface area contributed by atoms with Crippen LogP contribution in [0, 0.1) is 0 Å². The molecule has 22 heavy (non-hydrogen) atoms. The predicted octanol–water partition coefficient (Wildman–Crippen LogP) is 4.18. The molecule has 3 nitrogen and oxygen atoms in total. The third-order valence-electron chi connectivity index (χ3n) is 4.45. The van der Waals surface area contributed by atoms with Crippen molar-refractivity contribution in [3.05, 3.63) is 47.8 Å². The van der Waals surface area contributed by atoms with E-state index in [0.717, 1.165) is 16.5 Å². The van der Waals surface area contributed by atoms with Gasteiger partial charge in [0.15, 0.2) is 0 Å². The summed E-state index contributed by atoms with van der Waals surface area (Å²) in [4.78, 5) is 4.28. The lowest BCUT2D eigenvalue weighted by molar-refractivity contribution is 0.00578. The molecular formula is C17H19BFNO2. The molecule has 1 aliphatic rings. The molecule has 0 N–H and O–H groups in total. The third-order valence-corrected chi connectivity index (χ3v) is 4.45. The molecule has 1 fully saturated rings. The van der Waals surface area contributed by atoms with Gasteiger partial charge in [-0.15, -0.1) is 0 Å². The minimum Gasteiger partial charge on any atom is -0.398 e. The van der Waals surface area contributed by atoms with Crippen molar-refractivity contribution in [3.63, 3.8) is 0 Å². The standard InChI is InChI=1S/C17H19BFNO2/c1-16(2)17(3,4)22-18(21-16)15(19)11-12-9-10-20-14-8-6-5-7-13(12)14/h5-11H,1-4H3. The van der Waals surface area contributed by atoms with Crippen LogP contribution >= 0.6 is 0 Å².